The van der Waals surface area contributed by atoms with Crippen LogP contribution in [0.3, 0.4) is 0 Å². The maximum Gasteiger partial charge on any atom is 0.337 e. The SMILES string of the molecule is COC(=O)c1cccc(-c2cccc(CN3CCc4nc(-c5ccncc5)ncc4C3)n2)c1. The van der Waals surface area contributed by atoms with Gasteiger partial charge in [-0.3, -0.25) is 14.9 Å². The first-order valence-electron chi connectivity index (χ1n) is 10.8. The Morgan fingerprint density at radius 2 is 1.88 bits per heavy atom. The van der Waals surface area contributed by atoms with Crippen LogP contribution in [0.4, 0.5) is 0 Å². The summed E-state index contributed by atoms with van der Waals surface area (Å²) in [6.45, 7) is 2.43. The van der Waals surface area contributed by atoms with Gasteiger partial charge in [-0.15, -0.1) is 0 Å². The van der Waals surface area contributed by atoms with Crippen molar-refractivity contribution in [1.29, 1.82) is 0 Å². The summed E-state index contributed by atoms with van der Waals surface area (Å²) in [6.07, 6.45) is 6.32. The lowest BCUT2D eigenvalue weighted by molar-refractivity contribution is 0.0601. The Bertz CT molecular complexity index is 1290. The predicted molar refractivity (Wildman–Crippen MR) is 124 cm³/mol. The number of ether oxygens (including phenoxy) is 1. The van der Waals surface area contributed by atoms with Gasteiger partial charge in [-0.2, -0.15) is 0 Å². The zero-order valence-corrected chi connectivity index (χ0v) is 18.3. The quantitative estimate of drug-likeness (QED) is 0.437. The number of carbonyl (C=O) groups is 1. The number of hydrogen-bond donors (Lipinski definition) is 0. The van der Waals surface area contributed by atoms with E-state index in [1.165, 1.54) is 7.11 Å². The molecule has 1 aromatic carbocycles. The Balaban J connectivity index is 1.31. The van der Waals surface area contributed by atoms with Gasteiger partial charge < -0.3 is 4.74 Å². The molecule has 3 aromatic heterocycles. The maximum atomic E-state index is 11.9. The van der Waals surface area contributed by atoms with Crippen LogP contribution in [0.1, 0.15) is 27.3 Å². The normalized spacial score (nSPS) is 13.4. The third-order valence-corrected chi connectivity index (χ3v) is 5.72. The number of rotatable bonds is 5. The third-order valence-electron chi connectivity index (χ3n) is 5.72. The minimum Gasteiger partial charge on any atom is -0.465 e. The van der Waals surface area contributed by atoms with E-state index in [1.807, 2.05) is 54.7 Å². The van der Waals surface area contributed by atoms with Crippen LogP contribution in [-0.2, 0) is 24.2 Å². The molecule has 1 aliphatic rings. The van der Waals surface area contributed by atoms with Crippen LogP contribution >= 0.6 is 0 Å². The maximum absolute atomic E-state index is 11.9. The van der Waals surface area contributed by atoms with Crippen LogP contribution < -0.4 is 0 Å². The molecular weight excluding hydrogens is 414 g/mol. The zero-order chi connectivity index (χ0) is 22.6. The van der Waals surface area contributed by atoms with Crippen LogP contribution in [0.5, 0.6) is 0 Å². The summed E-state index contributed by atoms with van der Waals surface area (Å²) < 4.78 is 4.83. The molecule has 0 unspecified atom stereocenters. The molecule has 5 rings (SSSR count). The van der Waals surface area contributed by atoms with E-state index in [4.69, 9.17) is 14.7 Å². The number of nitrogens with zero attached hydrogens (tertiary/aromatic N) is 5. The smallest absolute Gasteiger partial charge is 0.337 e. The Morgan fingerprint density at radius 1 is 1.03 bits per heavy atom. The van der Waals surface area contributed by atoms with E-state index in [2.05, 4.69) is 14.9 Å². The molecule has 0 aliphatic carbocycles. The van der Waals surface area contributed by atoms with E-state index in [9.17, 15) is 4.79 Å². The van der Waals surface area contributed by atoms with Crippen LogP contribution in [0, 0.1) is 0 Å². The van der Waals surface area contributed by atoms with E-state index in [1.54, 1.807) is 18.5 Å². The second-order valence-electron chi connectivity index (χ2n) is 7.95. The number of benzene rings is 1. The second kappa shape index (κ2) is 9.26. The van der Waals surface area contributed by atoms with Crippen LogP contribution in [0.25, 0.3) is 22.6 Å². The fourth-order valence-electron chi connectivity index (χ4n) is 4.03. The van der Waals surface area contributed by atoms with E-state index in [0.717, 1.165) is 65.7 Å². The summed E-state index contributed by atoms with van der Waals surface area (Å²) in [5.41, 5.74) is 6.46. The lowest BCUT2D eigenvalue weighted by atomic mass is 10.1. The second-order valence-corrected chi connectivity index (χ2v) is 7.95. The molecule has 0 fully saturated rings. The number of aromatic nitrogens is 4. The molecule has 33 heavy (non-hydrogen) atoms. The van der Waals surface area contributed by atoms with E-state index < -0.39 is 0 Å². The number of fused-ring (bicyclic) bond motifs is 1. The zero-order valence-electron chi connectivity index (χ0n) is 18.3. The van der Waals surface area contributed by atoms with Crippen LogP contribution in [0.2, 0.25) is 0 Å². The fourth-order valence-corrected chi connectivity index (χ4v) is 4.03. The van der Waals surface area contributed by atoms with Gasteiger partial charge in [0, 0.05) is 61.3 Å². The molecule has 0 bridgehead atoms. The summed E-state index contributed by atoms with van der Waals surface area (Å²) in [5.74, 6) is 0.391. The molecule has 164 valence electrons. The van der Waals surface area contributed by atoms with Crippen molar-refractivity contribution in [3.05, 3.63) is 95.7 Å². The lowest BCUT2D eigenvalue weighted by Gasteiger charge is -2.27. The molecule has 4 heterocycles. The molecular formula is C26H23N5O2. The van der Waals surface area contributed by atoms with Crippen LogP contribution in [0.15, 0.2) is 73.2 Å². The van der Waals surface area contributed by atoms with Crippen molar-refractivity contribution in [3.63, 3.8) is 0 Å². The molecule has 0 spiro atoms. The average molecular weight is 438 g/mol. The highest BCUT2D eigenvalue weighted by Gasteiger charge is 2.19. The van der Waals surface area contributed by atoms with Crippen LogP contribution in [-0.4, -0.2) is 44.5 Å². The van der Waals surface area contributed by atoms with Crippen molar-refractivity contribution in [2.24, 2.45) is 0 Å². The molecule has 0 radical (unpaired) electrons. The molecule has 0 N–H and O–H groups in total. The highest BCUT2D eigenvalue weighted by Crippen LogP contribution is 2.23. The molecule has 0 atom stereocenters. The number of methoxy groups -OCH3 is 1. The first-order valence-corrected chi connectivity index (χ1v) is 10.8. The molecule has 1 aliphatic heterocycles. The summed E-state index contributed by atoms with van der Waals surface area (Å²) >= 11 is 0. The lowest BCUT2D eigenvalue weighted by Crippen LogP contribution is -2.31. The van der Waals surface area contributed by atoms with Crippen molar-refractivity contribution in [2.75, 3.05) is 13.7 Å². The van der Waals surface area contributed by atoms with E-state index in [-0.39, 0.29) is 5.97 Å². The number of pyridine rings is 2. The van der Waals surface area contributed by atoms with Crippen molar-refractivity contribution >= 4 is 5.97 Å². The first kappa shape index (κ1) is 20.9. The van der Waals surface area contributed by atoms with Crippen molar-refractivity contribution < 1.29 is 9.53 Å². The van der Waals surface area contributed by atoms with Gasteiger partial charge >= 0.3 is 5.97 Å². The van der Waals surface area contributed by atoms with Gasteiger partial charge in [0.25, 0.3) is 0 Å². The Kier molecular flexibility index (Phi) is 5.87. The minimum absolute atomic E-state index is 0.353. The van der Waals surface area contributed by atoms with E-state index >= 15 is 0 Å². The molecule has 0 saturated carbocycles. The van der Waals surface area contributed by atoms with E-state index in [0.29, 0.717) is 5.56 Å². The van der Waals surface area contributed by atoms with Gasteiger partial charge in [-0.05, 0) is 36.4 Å². The van der Waals surface area contributed by atoms with Gasteiger partial charge in [0.1, 0.15) is 0 Å². The van der Waals surface area contributed by atoms with Gasteiger partial charge in [0.2, 0.25) is 0 Å². The monoisotopic (exact) mass is 437 g/mol. The summed E-state index contributed by atoms with van der Waals surface area (Å²) in [4.78, 5) is 32.5. The highest BCUT2D eigenvalue weighted by molar-refractivity contribution is 5.90. The third kappa shape index (κ3) is 4.63. The van der Waals surface area contributed by atoms with Gasteiger partial charge in [-0.25, -0.2) is 14.8 Å². The Hall–Kier alpha value is -3.97. The summed E-state index contributed by atoms with van der Waals surface area (Å²) in [7, 11) is 1.38. The first-order chi connectivity index (χ1) is 16.2. The van der Waals surface area contributed by atoms with Gasteiger partial charge in [-0.1, -0.05) is 18.2 Å². The number of hydrogen-bond acceptors (Lipinski definition) is 7. The Morgan fingerprint density at radius 3 is 2.73 bits per heavy atom. The average Bonchev–Trinajstić information content (AvgIpc) is 2.88. The number of carbonyl (C=O) groups excluding carboxylic acids is 1. The largest absolute Gasteiger partial charge is 0.465 e. The molecule has 0 saturated heterocycles. The molecule has 0 amide bonds. The standard InChI is InChI=1S/C26H23N5O2/c1-33-26(32)20-5-2-4-19(14-20)23-7-3-6-22(29-23)17-31-13-10-24-21(16-31)15-28-25(30-24)18-8-11-27-12-9-18/h2-9,11-12,14-15H,10,13,16-17H2,1H3. The summed E-state index contributed by atoms with van der Waals surface area (Å²) in [6, 6.07) is 17.2. The topological polar surface area (TPSA) is 81.1 Å². The van der Waals surface area contributed by atoms with Crippen molar-refractivity contribution in [2.45, 2.75) is 19.5 Å². The Labute approximate surface area is 192 Å². The molecule has 7 nitrogen and oxygen atoms in total. The highest BCUT2D eigenvalue weighted by atomic mass is 16.5. The molecule has 7 heteroatoms. The minimum atomic E-state index is -0.353. The summed E-state index contributed by atoms with van der Waals surface area (Å²) in [5, 5.41) is 0. The van der Waals surface area contributed by atoms with Gasteiger partial charge in [0.15, 0.2) is 5.82 Å². The fraction of sp³-hybridized carbons (Fsp3) is 0.192. The molecule has 4 aromatic rings. The van der Waals surface area contributed by atoms with Gasteiger partial charge in [0.05, 0.1) is 29.8 Å². The van der Waals surface area contributed by atoms with Crippen molar-refractivity contribution in [1.82, 2.24) is 24.8 Å². The number of esters is 1. The van der Waals surface area contributed by atoms with Crippen molar-refractivity contribution in [3.8, 4) is 22.6 Å². The predicted octanol–water partition coefficient (Wildman–Crippen LogP) is 3.95.